The molecule has 0 amide bonds. The van der Waals surface area contributed by atoms with Crippen LogP contribution in [0.25, 0.3) is 93.6 Å². The lowest BCUT2D eigenvalue weighted by atomic mass is 9.97. The van der Waals surface area contributed by atoms with Gasteiger partial charge in [0.1, 0.15) is 22.3 Å². The topological polar surface area (TPSA) is 34.5 Å². The molecule has 0 saturated carbocycles. The Kier molecular flexibility index (Phi) is 7.20. The van der Waals surface area contributed by atoms with Gasteiger partial charge in [-0.3, -0.25) is 0 Å². The van der Waals surface area contributed by atoms with Crippen molar-refractivity contribution in [3.8, 4) is 27.9 Å². The van der Waals surface area contributed by atoms with E-state index >= 15 is 0 Å². The van der Waals surface area contributed by atoms with Crippen molar-refractivity contribution < 1.29 is 8.83 Å². The Labute approximate surface area is 334 Å². The van der Waals surface area contributed by atoms with Crippen molar-refractivity contribution in [3.63, 3.8) is 0 Å². The first-order valence-electron chi connectivity index (χ1n) is 19.7. The highest BCUT2D eigenvalue weighted by Crippen LogP contribution is 2.48. The van der Waals surface area contributed by atoms with E-state index in [1.807, 2.05) is 18.2 Å². The number of fused-ring (bicyclic) bond motifs is 9. The van der Waals surface area contributed by atoms with Crippen LogP contribution in [0.15, 0.2) is 215 Å². The highest BCUT2D eigenvalue weighted by molar-refractivity contribution is 6.14. The average Bonchev–Trinajstić information content (AvgIpc) is 3.97. The van der Waals surface area contributed by atoms with Gasteiger partial charge in [0.15, 0.2) is 0 Å². The van der Waals surface area contributed by atoms with Gasteiger partial charge in [-0.25, -0.2) is 0 Å². The Hall–Kier alpha value is -7.82. The highest BCUT2D eigenvalue weighted by atomic mass is 16.3. The van der Waals surface area contributed by atoms with E-state index in [-0.39, 0.29) is 0 Å². The maximum Gasteiger partial charge on any atom is 0.145 e. The number of hydrogen-bond donors (Lipinski definition) is 0. The van der Waals surface area contributed by atoms with Gasteiger partial charge in [0.25, 0.3) is 0 Å². The van der Waals surface area contributed by atoms with E-state index < -0.39 is 0 Å². The van der Waals surface area contributed by atoms with Gasteiger partial charge in [-0.2, -0.15) is 0 Å². The Balaban J connectivity index is 1.11. The van der Waals surface area contributed by atoms with Crippen LogP contribution in [0, 0.1) is 0 Å². The number of furan rings is 2. The minimum absolute atomic E-state index is 0.849. The summed E-state index contributed by atoms with van der Waals surface area (Å²) in [5.41, 5.74) is 14.2. The number of hydrogen-bond acceptors (Lipinski definition) is 3. The Morgan fingerprint density at radius 2 is 0.914 bits per heavy atom. The standard InChI is InChI=1S/C54H34N2O2/c1-2-17-37(18-3-1)55(38-19-12-15-35(33-38)40-25-14-26-45-43-23-6-10-29-50(43)57-53(40)45)49-32-31-46-44-24-7-11-30-51(44)58-54(46)52(49)36-16-13-20-39(34-36)56-47-27-8-4-21-41(47)42-22-5-9-28-48(42)56/h1-34H. The summed E-state index contributed by atoms with van der Waals surface area (Å²) in [5, 5.41) is 6.87. The molecule has 0 saturated heterocycles. The molecule has 0 radical (unpaired) electrons. The lowest BCUT2D eigenvalue weighted by Crippen LogP contribution is -2.11. The molecule has 58 heavy (non-hydrogen) atoms. The maximum atomic E-state index is 6.90. The molecular formula is C54H34N2O2. The molecule has 0 bridgehead atoms. The molecule has 0 N–H and O–H groups in total. The third kappa shape index (κ3) is 4.95. The summed E-state index contributed by atoms with van der Waals surface area (Å²) in [4.78, 5) is 2.36. The van der Waals surface area contributed by atoms with Crippen LogP contribution in [0.3, 0.4) is 0 Å². The van der Waals surface area contributed by atoms with Crippen molar-refractivity contribution in [2.45, 2.75) is 0 Å². The predicted molar refractivity (Wildman–Crippen MR) is 241 cm³/mol. The van der Waals surface area contributed by atoms with E-state index in [1.54, 1.807) is 0 Å². The second-order valence-corrected chi connectivity index (χ2v) is 14.9. The van der Waals surface area contributed by atoms with Gasteiger partial charge in [-0.15, -0.1) is 0 Å². The second-order valence-electron chi connectivity index (χ2n) is 14.9. The van der Waals surface area contributed by atoms with E-state index in [9.17, 15) is 0 Å². The molecule has 272 valence electrons. The molecule has 4 nitrogen and oxygen atoms in total. The summed E-state index contributed by atoms with van der Waals surface area (Å²) in [6, 6.07) is 73.1. The summed E-state index contributed by atoms with van der Waals surface area (Å²) in [6.07, 6.45) is 0. The number of nitrogens with zero attached hydrogens (tertiary/aromatic N) is 2. The van der Waals surface area contributed by atoms with Crippen LogP contribution in [-0.2, 0) is 0 Å². The first-order valence-corrected chi connectivity index (χ1v) is 19.7. The third-order valence-electron chi connectivity index (χ3n) is 11.6. The lowest BCUT2D eigenvalue weighted by molar-refractivity contribution is 0.669. The first kappa shape index (κ1) is 32.4. The predicted octanol–water partition coefficient (Wildman–Crippen LogP) is 15.4. The normalized spacial score (nSPS) is 11.8. The zero-order valence-electron chi connectivity index (χ0n) is 31.3. The van der Waals surface area contributed by atoms with E-state index in [4.69, 9.17) is 8.83 Å². The summed E-state index contributed by atoms with van der Waals surface area (Å²) in [7, 11) is 0. The van der Waals surface area contributed by atoms with Crippen LogP contribution in [0.5, 0.6) is 0 Å². The number of anilines is 3. The van der Waals surface area contributed by atoms with Gasteiger partial charge in [0.05, 0.1) is 16.7 Å². The summed E-state index contributed by atoms with van der Waals surface area (Å²) in [6.45, 7) is 0. The second kappa shape index (κ2) is 12.9. The van der Waals surface area contributed by atoms with Gasteiger partial charge >= 0.3 is 0 Å². The van der Waals surface area contributed by atoms with Crippen LogP contribution in [0.2, 0.25) is 0 Å². The molecule has 0 spiro atoms. The average molecular weight is 743 g/mol. The highest BCUT2D eigenvalue weighted by Gasteiger charge is 2.24. The maximum absolute atomic E-state index is 6.90. The van der Waals surface area contributed by atoms with E-state index in [0.29, 0.717) is 0 Å². The molecule has 12 aromatic rings. The molecule has 0 atom stereocenters. The minimum atomic E-state index is 0.849. The largest absolute Gasteiger partial charge is 0.455 e. The van der Waals surface area contributed by atoms with Gasteiger partial charge in [0.2, 0.25) is 0 Å². The molecule has 9 aromatic carbocycles. The SMILES string of the molecule is c1ccc(N(c2cccc(-c3cccc4c3oc3ccccc34)c2)c2ccc3c(oc4ccccc43)c2-c2cccc(-n3c4ccccc4c4ccccc43)c2)cc1. The Morgan fingerprint density at radius 1 is 0.362 bits per heavy atom. The smallest absolute Gasteiger partial charge is 0.145 e. The molecule has 0 aliphatic heterocycles. The summed E-state index contributed by atoms with van der Waals surface area (Å²) >= 11 is 0. The molecular weight excluding hydrogens is 709 g/mol. The summed E-state index contributed by atoms with van der Waals surface area (Å²) < 4.78 is 15.8. The Morgan fingerprint density at radius 3 is 1.66 bits per heavy atom. The fourth-order valence-corrected chi connectivity index (χ4v) is 9.04. The zero-order chi connectivity index (χ0) is 38.2. The van der Waals surface area contributed by atoms with Gasteiger partial charge in [-0.1, -0.05) is 133 Å². The molecule has 0 aliphatic carbocycles. The fraction of sp³-hybridized carbons (Fsp3) is 0. The molecule has 0 unspecified atom stereocenters. The molecule has 4 heteroatoms. The van der Waals surface area contributed by atoms with E-state index in [0.717, 1.165) is 88.9 Å². The quantitative estimate of drug-likeness (QED) is 0.170. The fourth-order valence-electron chi connectivity index (χ4n) is 9.04. The van der Waals surface area contributed by atoms with E-state index in [1.165, 1.54) is 21.8 Å². The van der Waals surface area contributed by atoms with Crippen LogP contribution in [0.4, 0.5) is 17.1 Å². The van der Waals surface area contributed by atoms with Crippen molar-refractivity contribution in [1.29, 1.82) is 0 Å². The van der Waals surface area contributed by atoms with Crippen molar-refractivity contribution in [2.75, 3.05) is 4.90 Å². The first-order chi connectivity index (χ1) is 28.8. The van der Waals surface area contributed by atoms with Crippen molar-refractivity contribution in [1.82, 2.24) is 4.57 Å². The minimum Gasteiger partial charge on any atom is -0.455 e. The molecule has 3 aromatic heterocycles. The zero-order valence-corrected chi connectivity index (χ0v) is 31.3. The molecule has 0 fully saturated rings. The van der Waals surface area contributed by atoms with Crippen molar-refractivity contribution >= 4 is 82.7 Å². The van der Waals surface area contributed by atoms with Crippen LogP contribution in [-0.4, -0.2) is 4.57 Å². The van der Waals surface area contributed by atoms with Gasteiger partial charge in [0, 0.05) is 60.5 Å². The van der Waals surface area contributed by atoms with Gasteiger partial charge in [-0.05, 0) is 83.9 Å². The number of benzene rings is 9. The van der Waals surface area contributed by atoms with Crippen molar-refractivity contribution in [2.24, 2.45) is 0 Å². The molecule has 12 rings (SSSR count). The van der Waals surface area contributed by atoms with Crippen LogP contribution < -0.4 is 4.90 Å². The van der Waals surface area contributed by atoms with Crippen molar-refractivity contribution in [3.05, 3.63) is 206 Å². The number of aromatic nitrogens is 1. The summed E-state index contributed by atoms with van der Waals surface area (Å²) in [5.74, 6) is 0. The van der Waals surface area contributed by atoms with Crippen LogP contribution >= 0.6 is 0 Å². The Bertz CT molecular complexity index is 3480. The number of rotatable bonds is 6. The lowest BCUT2D eigenvalue weighted by Gasteiger charge is -2.28. The van der Waals surface area contributed by atoms with Crippen LogP contribution in [0.1, 0.15) is 0 Å². The molecule has 3 heterocycles. The number of para-hydroxylation sites is 6. The van der Waals surface area contributed by atoms with Gasteiger partial charge < -0.3 is 18.3 Å². The molecule has 0 aliphatic rings. The monoisotopic (exact) mass is 742 g/mol. The van der Waals surface area contributed by atoms with E-state index in [2.05, 4.69) is 198 Å². The third-order valence-corrected chi connectivity index (χ3v) is 11.6.